The number of ether oxygens (including phenoxy) is 2. The van der Waals surface area contributed by atoms with E-state index in [2.05, 4.69) is 19.0 Å². The second-order valence-electron chi connectivity index (χ2n) is 6.88. The molecule has 0 aliphatic heterocycles. The maximum absolute atomic E-state index is 6.05. The summed E-state index contributed by atoms with van der Waals surface area (Å²) in [7, 11) is 0. The van der Waals surface area contributed by atoms with Gasteiger partial charge in [-0.1, -0.05) is 60.4 Å². The van der Waals surface area contributed by atoms with Crippen molar-refractivity contribution in [3.63, 3.8) is 0 Å². The number of hydroxylamine groups is 1. The van der Waals surface area contributed by atoms with Crippen molar-refractivity contribution in [3.05, 3.63) is 75.3 Å². The summed E-state index contributed by atoms with van der Waals surface area (Å²) in [6.45, 7) is 9.56. The third-order valence-corrected chi connectivity index (χ3v) is 5.03. The van der Waals surface area contributed by atoms with E-state index in [9.17, 15) is 0 Å². The lowest BCUT2D eigenvalue weighted by molar-refractivity contribution is 0.0732. The van der Waals surface area contributed by atoms with Gasteiger partial charge in [0.1, 0.15) is 22.6 Å². The Morgan fingerprint density at radius 2 is 1.77 bits per heavy atom. The quantitative estimate of drug-likeness (QED) is 0.240. The standard InChI is InChI=1S/C24H28Cl3NO3/c1-4-19-16-22(29-14-11-23(26)27)15-17(2)24(19)30-12-5-6-13-31-28-18(3)20-7-9-21(25)10-8-20/h7-11,15-16,28H,3-6,12-14H2,1-2H3. The van der Waals surface area contributed by atoms with E-state index in [0.717, 1.165) is 47.5 Å². The van der Waals surface area contributed by atoms with E-state index in [1.807, 2.05) is 43.3 Å². The third kappa shape index (κ3) is 9.04. The number of rotatable bonds is 13. The smallest absolute Gasteiger partial charge is 0.125 e. The molecule has 1 N–H and O–H groups in total. The van der Waals surface area contributed by atoms with Gasteiger partial charge >= 0.3 is 0 Å². The Morgan fingerprint density at radius 1 is 1.06 bits per heavy atom. The van der Waals surface area contributed by atoms with Crippen LogP contribution in [0.3, 0.4) is 0 Å². The van der Waals surface area contributed by atoms with Crippen LogP contribution in [0.1, 0.15) is 36.5 Å². The van der Waals surface area contributed by atoms with Crippen LogP contribution in [0.4, 0.5) is 0 Å². The molecule has 2 rings (SSSR count). The average molecular weight is 485 g/mol. The molecule has 0 aromatic heterocycles. The normalized spacial score (nSPS) is 10.5. The Bertz CT molecular complexity index is 878. The van der Waals surface area contributed by atoms with Crippen molar-refractivity contribution in [1.82, 2.24) is 5.48 Å². The Labute approximate surface area is 199 Å². The van der Waals surface area contributed by atoms with Gasteiger partial charge in [0.25, 0.3) is 0 Å². The summed E-state index contributed by atoms with van der Waals surface area (Å²) >= 11 is 17.1. The van der Waals surface area contributed by atoms with Crippen molar-refractivity contribution in [2.45, 2.75) is 33.1 Å². The molecule has 2 aromatic carbocycles. The van der Waals surface area contributed by atoms with Gasteiger partial charge in [-0.15, -0.1) is 0 Å². The summed E-state index contributed by atoms with van der Waals surface area (Å²) in [6.07, 6.45) is 4.18. The Morgan fingerprint density at radius 3 is 2.45 bits per heavy atom. The molecule has 0 saturated carbocycles. The lowest BCUT2D eigenvalue weighted by Gasteiger charge is -2.16. The van der Waals surface area contributed by atoms with Crippen LogP contribution in [0, 0.1) is 6.92 Å². The van der Waals surface area contributed by atoms with E-state index in [1.54, 1.807) is 6.08 Å². The highest BCUT2D eigenvalue weighted by Gasteiger charge is 2.09. The zero-order valence-corrected chi connectivity index (χ0v) is 20.1. The molecule has 4 nitrogen and oxygen atoms in total. The third-order valence-electron chi connectivity index (χ3n) is 4.47. The van der Waals surface area contributed by atoms with Gasteiger partial charge < -0.3 is 9.47 Å². The number of hydrogen-bond acceptors (Lipinski definition) is 4. The number of nitrogens with one attached hydrogen (secondary N) is 1. The maximum Gasteiger partial charge on any atom is 0.125 e. The van der Waals surface area contributed by atoms with Crippen molar-refractivity contribution in [2.24, 2.45) is 0 Å². The molecule has 31 heavy (non-hydrogen) atoms. The molecular weight excluding hydrogens is 457 g/mol. The first kappa shape index (κ1) is 25.4. The molecule has 7 heteroatoms. The predicted octanol–water partition coefficient (Wildman–Crippen LogP) is 7.26. The summed E-state index contributed by atoms with van der Waals surface area (Å²) in [4.78, 5) is 5.49. The summed E-state index contributed by atoms with van der Waals surface area (Å²) in [6, 6.07) is 11.4. The molecule has 0 heterocycles. The van der Waals surface area contributed by atoms with Crippen molar-refractivity contribution >= 4 is 40.5 Å². The first-order valence-electron chi connectivity index (χ1n) is 10.1. The van der Waals surface area contributed by atoms with Gasteiger partial charge in [-0.3, -0.25) is 10.3 Å². The Hall–Kier alpha value is -1.85. The summed E-state index contributed by atoms with van der Waals surface area (Å²) in [5.74, 6) is 1.68. The first-order chi connectivity index (χ1) is 14.9. The van der Waals surface area contributed by atoms with Crippen LogP contribution in [0.15, 0.2) is 53.5 Å². The van der Waals surface area contributed by atoms with Crippen LogP contribution >= 0.6 is 34.8 Å². The molecule has 0 radical (unpaired) electrons. The number of benzene rings is 2. The highest BCUT2D eigenvalue weighted by Crippen LogP contribution is 2.30. The van der Waals surface area contributed by atoms with Crippen molar-refractivity contribution in [3.8, 4) is 11.5 Å². The van der Waals surface area contributed by atoms with Gasteiger partial charge in [-0.25, -0.2) is 0 Å². The van der Waals surface area contributed by atoms with Crippen LogP contribution in [0.2, 0.25) is 5.02 Å². The van der Waals surface area contributed by atoms with Gasteiger partial charge in [0.05, 0.1) is 18.9 Å². The van der Waals surface area contributed by atoms with Crippen LogP contribution in [-0.4, -0.2) is 19.8 Å². The number of hydrogen-bond donors (Lipinski definition) is 1. The maximum atomic E-state index is 6.05. The van der Waals surface area contributed by atoms with Gasteiger partial charge in [0.2, 0.25) is 0 Å². The lowest BCUT2D eigenvalue weighted by Crippen LogP contribution is -2.14. The lowest BCUT2D eigenvalue weighted by atomic mass is 10.1. The van der Waals surface area contributed by atoms with Gasteiger partial charge in [-0.2, -0.15) is 0 Å². The molecule has 0 bridgehead atoms. The number of halogens is 3. The monoisotopic (exact) mass is 483 g/mol. The fourth-order valence-electron chi connectivity index (χ4n) is 2.86. The SMILES string of the molecule is C=C(NOCCCCOc1c(C)cc(OCC=C(Cl)Cl)cc1CC)c1ccc(Cl)cc1. The summed E-state index contributed by atoms with van der Waals surface area (Å²) < 4.78 is 11.9. The average Bonchev–Trinajstić information content (AvgIpc) is 2.74. The minimum absolute atomic E-state index is 0.195. The highest BCUT2D eigenvalue weighted by atomic mass is 35.5. The topological polar surface area (TPSA) is 39.7 Å². The van der Waals surface area contributed by atoms with Crippen LogP contribution in [-0.2, 0) is 11.3 Å². The molecule has 0 saturated heterocycles. The molecule has 0 spiro atoms. The van der Waals surface area contributed by atoms with E-state index in [-0.39, 0.29) is 4.49 Å². The molecule has 0 fully saturated rings. The zero-order valence-electron chi connectivity index (χ0n) is 17.8. The van der Waals surface area contributed by atoms with Gasteiger partial charge in [-0.05, 0) is 73.2 Å². The molecule has 0 aliphatic rings. The molecule has 0 atom stereocenters. The zero-order chi connectivity index (χ0) is 22.6. The van der Waals surface area contributed by atoms with Crippen molar-refractivity contribution in [1.29, 1.82) is 0 Å². The summed E-state index contributed by atoms with van der Waals surface area (Å²) in [5, 5.41) is 0.689. The van der Waals surface area contributed by atoms with E-state index in [4.69, 9.17) is 49.1 Å². The second kappa shape index (κ2) is 13.5. The van der Waals surface area contributed by atoms with Crippen molar-refractivity contribution in [2.75, 3.05) is 19.8 Å². The fraction of sp³-hybridized carbons (Fsp3) is 0.333. The molecule has 168 valence electrons. The minimum Gasteiger partial charge on any atom is -0.493 e. The van der Waals surface area contributed by atoms with E-state index in [1.165, 1.54) is 0 Å². The second-order valence-corrected chi connectivity index (χ2v) is 8.32. The Balaban J connectivity index is 1.72. The minimum atomic E-state index is 0.195. The number of unbranched alkanes of at least 4 members (excludes halogenated alkanes) is 1. The van der Waals surface area contributed by atoms with Crippen LogP contribution in [0.5, 0.6) is 11.5 Å². The fourth-order valence-corrected chi connectivity index (χ4v) is 3.12. The molecule has 0 unspecified atom stereocenters. The molecule has 0 amide bonds. The van der Waals surface area contributed by atoms with E-state index >= 15 is 0 Å². The van der Waals surface area contributed by atoms with E-state index < -0.39 is 0 Å². The molecule has 0 aliphatic carbocycles. The van der Waals surface area contributed by atoms with Crippen molar-refractivity contribution < 1.29 is 14.3 Å². The summed E-state index contributed by atoms with van der Waals surface area (Å²) in [5.41, 5.74) is 6.64. The van der Waals surface area contributed by atoms with Crippen LogP contribution in [0.25, 0.3) is 5.70 Å². The molecular formula is C24H28Cl3NO3. The Kier molecular flexibility index (Phi) is 11.1. The number of aryl methyl sites for hydroxylation is 2. The highest BCUT2D eigenvalue weighted by molar-refractivity contribution is 6.55. The first-order valence-corrected chi connectivity index (χ1v) is 11.3. The predicted molar refractivity (Wildman–Crippen MR) is 130 cm³/mol. The van der Waals surface area contributed by atoms with Gasteiger partial charge in [0.15, 0.2) is 0 Å². The van der Waals surface area contributed by atoms with E-state index in [0.29, 0.717) is 30.5 Å². The van der Waals surface area contributed by atoms with Crippen LogP contribution < -0.4 is 15.0 Å². The largest absolute Gasteiger partial charge is 0.493 e. The van der Waals surface area contributed by atoms with Gasteiger partial charge in [0, 0.05) is 5.02 Å². The molecule has 2 aromatic rings.